The molecule has 0 unspecified atom stereocenters. The number of nitrogens with zero attached hydrogens (tertiary/aromatic N) is 6. The molecule has 0 atom stereocenters. The van der Waals surface area contributed by atoms with Crippen molar-refractivity contribution in [2.24, 2.45) is 7.05 Å². The van der Waals surface area contributed by atoms with Gasteiger partial charge in [0.05, 0.1) is 11.6 Å². The van der Waals surface area contributed by atoms with E-state index in [1.165, 1.54) is 0 Å². The van der Waals surface area contributed by atoms with Crippen molar-refractivity contribution in [2.45, 2.75) is 6.61 Å². The fourth-order valence-corrected chi connectivity index (χ4v) is 3.21. The number of aryl methyl sites for hydroxylation is 1. The fourth-order valence-electron chi connectivity index (χ4n) is 3.03. The van der Waals surface area contributed by atoms with Gasteiger partial charge in [-0.3, -0.25) is 4.68 Å². The molecule has 5 rings (SSSR count). The summed E-state index contributed by atoms with van der Waals surface area (Å²) in [6.45, 7) is 0.458. The minimum absolute atomic E-state index is 0.458. The van der Waals surface area contributed by atoms with Gasteiger partial charge in [0, 0.05) is 17.6 Å². The number of hydrogen-bond donors (Lipinski definition) is 0. The summed E-state index contributed by atoms with van der Waals surface area (Å²) in [5.41, 5.74) is 3.48. The van der Waals surface area contributed by atoms with E-state index in [9.17, 15) is 0 Å². The Balaban J connectivity index is 1.40. The Labute approximate surface area is 165 Å². The average molecular weight is 391 g/mol. The topological polar surface area (TPSA) is 70.1 Å². The number of benzene rings is 2. The molecule has 0 radical (unpaired) electrons. The van der Waals surface area contributed by atoms with E-state index < -0.39 is 0 Å². The van der Waals surface area contributed by atoms with E-state index in [4.69, 9.17) is 16.3 Å². The maximum atomic E-state index is 5.98. The molecule has 0 aliphatic heterocycles. The molecule has 28 heavy (non-hydrogen) atoms. The number of fused-ring (bicyclic) bond motifs is 3. The van der Waals surface area contributed by atoms with Crippen molar-refractivity contribution in [3.05, 3.63) is 71.6 Å². The van der Waals surface area contributed by atoms with E-state index in [1.807, 2.05) is 49.5 Å². The first-order valence-electron chi connectivity index (χ1n) is 8.68. The summed E-state index contributed by atoms with van der Waals surface area (Å²) < 4.78 is 9.18. The van der Waals surface area contributed by atoms with Gasteiger partial charge in [0.1, 0.15) is 18.7 Å². The van der Waals surface area contributed by atoms with Gasteiger partial charge in [-0.2, -0.15) is 5.10 Å². The number of halogens is 1. The first-order valence-corrected chi connectivity index (χ1v) is 9.06. The van der Waals surface area contributed by atoms with Crippen LogP contribution in [0.1, 0.15) is 5.56 Å². The summed E-state index contributed by atoms with van der Waals surface area (Å²) in [6, 6.07) is 15.3. The van der Waals surface area contributed by atoms with Crippen LogP contribution in [-0.4, -0.2) is 29.4 Å². The summed E-state index contributed by atoms with van der Waals surface area (Å²) in [4.78, 5) is 9.05. The molecule has 0 fully saturated rings. The lowest BCUT2D eigenvalue weighted by Crippen LogP contribution is -1.95. The van der Waals surface area contributed by atoms with Crippen molar-refractivity contribution in [3.63, 3.8) is 0 Å². The van der Waals surface area contributed by atoms with Crippen molar-refractivity contribution < 1.29 is 4.74 Å². The largest absolute Gasteiger partial charge is 0.489 e. The smallest absolute Gasteiger partial charge is 0.182 e. The highest BCUT2D eigenvalue weighted by Crippen LogP contribution is 2.22. The zero-order valence-corrected chi connectivity index (χ0v) is 15.7. The second kappa shape index (κ2) is 6.61. The van der Waals surface area contributed by atoms with E-state index >= 15 is 0 Å². The second-order valence-corrected chi connectivity index (χ2v) is 6.83. The summed E-state index contributed by atoms with van der Waals surface area (Å²) >= 11 is 5.98. The van der Waals surface area contributed by atoms with Crippen LogP contribution in [0.3, 0.4) is 0 Å². The van der Waals surface area contributed by atoms with Gasteiger partial charge >= 0.3 is 0 Å². The summed E-state index contributed by atoms with van der Waals surface area (Å²) in [6.07, 6.45) is 3.41. The third-order valence-electron chi connectivity index (χ3n) is 4.48. The van der Waals surface area contributed by atoms with E-state index in [0.717, 1.165) is 33.6 Å². The molecular weight excluding hydrogens is 376 g/mol. The van der Waals surface area contributed by atoms with Crippen molar-refractivity contribution in [1.82, 2.24) is 29.4 Å². The quantitative estimate of drug-likeness (QED) is 0.465. The molecule has 2 aromatic carbocycles. The summed E-state index contributed by atoms with van der Waals surface area (Å²) in [5, 5.41) is 10.3. The fraction of sp³-hybridized carbons (Fsp3) is 0.100. The molecule has 0 amide bonds. The molecule has 8 heteroatoms. The van der Waals surface area contributed by atoms with Gasteiger partial charge in [0.15, 0.2) is 17.1 Å². The van der Waals surface area contributed by atoms with Crippen LogP contribution in [0.25, 0.3) is 28.1 Å². The second-order valence-electron chi connectivity index (χ2n) is 6.40. The van der Waals surface area contributed by atoms with Crippen molar-refractivity contribution in [3.8, 4) is 17.1 Å². The molecule has 3 aromatic heterocycles. The standard InChI is InChI=1S/C20H15ClN6O/c1-26-19-17(10-23-26)20-24-18(25-27(20)12-22-19)14-7-5-13(6-8-14)11-28-16-4-2-3-15(21)9-16/h2-10,12H,11H2,1H3. The third-order valence-corrected chi connectivity index (χ3v) is 4.72. The first kappa shape index (κ1) is 16.7. The molecule has 0 N–H and O–H groups in total. The predicted octanol–water partition coefficient (Wildman–Crippen LogP) is 3.91. The lowest BCUT2D eigenvalue weighted by molar-refractivity contribution is 0.306. The molecule has 0 saturated heterocycles. The maximum absolute atomic E-state index is 5.98. The van der Waals surface area contributed by atoms with Crippen LogP contribution >= 0.6 is 11.6 Å². The first-order chi connectivity index (χ1) is 13.7. The van der Waals surface area contributed by atoms with Crippen LogP contribution in [0.2, 0.25) is 5.02 Å². The number of aromatic nitrogens is 6. The summed E-state index contributed by atoms with van der Waals surface area (Å²) in [7, 11) is 1.85. The molecule has 0 bridgehead atoms. The van der Waals surface area contributed by atoms with Gasteiger partial charge in [-0.05, 0) is 23.8 Å². The normalized spacial score (nSPS) is 11.4. The monoisotopic (exact) mass is 390 g/mol. The van der Waals surface area contributed by atoms with Crippen LogP contribution in [0.4, 0.5) is 0 Å². The molecule has 5 aromatic rings. The van der Waals surface area contributed by atoms with Gasteiger partial charge in [-0.15, -0.1) is 5.10 Å². The Hall–Kier alpha value is -3.45. The molecular formula is C20H15ClN6O. The van der Waals surface area contributed by atoms with E-state index in [-0.39, 0.29) is 0 Å². The highest BCUT2D eigenvalue weighted by molar-refractivity contribution is 6.30. The predicted molar refractivity (Wildman–Crippen MR) is 106 cm³/mol. The molecule has 0 aliphatic carbocycles. The maximum Gasteiger partial charge on any atom is 0.182 e. The van der Waals surface area contributed by atoms with Gasteiger partial charge in [0.25, 0.3) is 0 Å². The average Bonchev–Trinajstić information content (AvgIpc) is 3.30. The van der Waals surface area contributed by atoms with Crippen LogP contribution in [-0.2, 0) is 13.7 Å². The zero-order valence-electron chi connectivity index (χ0n) is 15.0. The Bertz CT molecular complexity index is 1290. The molecule has 138 valence electrons. The van der Waals surface area contributed by atoms with Crippen LogP contribution < -0.4 is 4.74 Å². The molecule has 0 saturated carbocycles. The molecule has 7 nitrogen and oxygen atoms in total. The number of hydrogen-bond acceptors (Lipinski definition) is 5. The SMILES string of the molecule is Cn1ncc2c1ncn1nc(-c3ccc(COc4cccc(Cl)c4)cc3)nc21. The van der Waals surface area contributed by atoms with Gasteiger partial charge in [-0.1, -0.05) is 41.9 Å². The van der Waals surface area contributed by atoms with E-state index in [1.54, 1.807) is 27.8 Å². The Morgan fingerprint density at radius 1 is 1.07 bits per heavy atom. The van der Waals surface area contributed by atoms with E-state index in [0.29, 0.717) is 17.5 Å². The van der Waals surface area contributed by atoms with Crippen molar-refractivity contribution in [1.29, 1.82) is 0 Å². The minimum Gasteiger partial charge on any atom is -0.489 e. The van der Waals surface area contributed by atoms with E-state index in [2.05, 4.69) is 20.2 Å². The minimum atomic E-state index is 0.458. The Morgan fingerprint density at radius 2 is 1.93 bits per heavy atom. The third kappa shape index (κ3) is 2.95. The highest BCUT2D eigenvalue weighted by Gasteiger charge is 2.12. The van der Waals surface area contributed by atoms with Crippen LogP contribution in [0.5, 0.6) is 5.75 Å². The number of rotatable bonds is 4. The molecule has 0 aliphatic rings. The Morgan fingerprint density at radius 3 is 2.75 bits per heavy atom. The zero-order chi connectivity index (χ0) is 19.1. The Kier molecular flexibility index (Phi) is 3.95. The van der Waals surface area contributed by atoms with Crippen LogP contribution in [0.15, 0.2) is 61.1 Å². The van der Waals surface area contributed by atoms with Crippen molar-refractivity contribution >= 4 is 28.3 Å². The van der Waals surface area contributed by atoms with Gasteiger partial charge in [0.2, 0.25) is 0 Å². The van der Waals surface area contributed by atoms with Crippen LogP contribution in [0, 0.1) is 0 Å². The highest BCUT2D eigenvalue weighted by atomic mass is 35.5. The van der Waals surface area contributed by atoms with Gasteiger partial charge < -0.3 is 4.74 Å². The molecule has 0 spiro atoms. The number of ether oxygens (including phenoxy) is 1. The molecule has 3 heterocycles. The lowest BCUT2D eigenvalue weighted by atomic mass is 10.1. The van der Waals surface area contributed by atoms with Gasteiger partial charge in [-0.25, -0.2) is 14.5 Å². The summed E-state index contributed by atoms with van der Waals surface area (Å²) in [5.74, 6) is 1.38. The lowest BCUT2D eigenvalue weighted by Gasteiger charge is -2.07. The van der Waals surface area contributed by atoms with Crippen molar-refractivity contribution in [2.75, 3.05) is 0 Å².